The lowest BCUT2D eigenvalue weighted by atomic mass is 10.1. The van der Waals surface area contributed by atoms with Crippen LogP contribution in [0, 0.1) is 6.92 Å². The van der Waals surface area contributed by atoms with Gasteiger partial charge in [-0.3, -0.25) is 4.99 Å². The molecule has 0 saturated heterocycles. The van der Waals surface area contributed by atoms with Gasteiger partial charge in [0.05, 0.1) is 19.8 Å². The van der Waals surface area contributed by atoms with E-state index < -0.39 is 0 Å². The van der Waals surface area contributed by atoms with Crippen LogP contribution in [0.4, 0.5) is 0 Å². The number of fused-ring (bicyclic) bond motifs is 1. The zero-order chi connectivity index (χ0) is 19.3. The van der Waals surface area contributed by atoms with Crippen LogP contribution in [0.3, 0.4) is 0 Å². The van der Waals surface area contributed by atoms with Gasteiger partial charge < -0.3 is 25.1 Å². The summed E-state index contributed by atoms with van der Waals surface area (Å²) >= 11 is 0. The number of hydrogen-bond donors (Lipinski definition) is 3. The summed E-state index contributed by atoms with van der Waals surface area (Å²) in [6.07, 6.45) is 5.32. The Balaban J connectivity index is 0.00000392. The summed E-state index contributed by atoms with van der Waals surface area (Å²) in [6.45, 7) is 8.63. The van der Waals surface area contributed by atoms with Gasteiger partial charge in [0.2, 0.25) is 0 Å². The molecule has 0 fully saturated rings. The number of aromatic amines is 1. The maximum Gasteiger partial charge on any atom is 0.191 e. The van der Waals surface area contributed by atoms with Crippen molar-refractivity contribution in [2.75, 3.05) is 46.6 Å². The highest BCUT2D eigenvalue weighted by atomic mass is 127. The van der Waals surface area contributed by atoms with E-state index in [0.29, 0.717) is 19.8 Å². The van der Waals surface area contributed by atoms with Gasteiger partial charge in [0, 0.05) is 43.8 Å². The summed E-state index contributed by atoms with van der Waals surface area (Å²) in [4.78, 5) is 7.61. The first-order chi connectivity index (χ1) is 13.3. The van der Waals surface area contributed by atoms with Crippen molar-refractivity contribution in [2.24, 2.45) is 4.99 Å². The molecule has 7 heteroatoms. The summed E-state index contributed by atoms with van der Waals surface area (Å²) in [6, 6.07) is 6.36. The molecule has 28 heavy (non-hydrogen) atoms. The van der Waals surface area contributed by atoms with E-state index in [0.717, 1.165) is 44.9 Å². The van der Waals surface area contributed by atoms with E-state index in [9.17, 15) is 0 Å². The molecule has 0 radical (unpaired) electrons. The maximum absolute atomic E-state index is 5.56. The summed E-state index contributed by atoms with van der Waals surface area (Å²) in [5.41, 5.74) is 3.84. The first-order valence-electron chi connectivity index (χ1n) is 9.91. The van der Waals surface area contributed by atoms with Crippen LogP contribution >= 0.6 is 24.0 Å². The van der Waals surface area contributed by atoms with Crippen LogP contribution in [-0.2, 0) is 15.9 Å². The molecule has 1 aromatic heterocycles. The number of aliphatic imine (C=N–C) groups is 1. The molecule has 0 spiro atoms. The van der Waals surface area contributed by atoms with Gasteiger partial charge in [0.1, 0.15) is 0 Å². The second-order valence-corrected chi connectivity index (χ2v) is 6.57. The summed E-state index contributed by atoms with van der Waals surface area (Å²) in [5.74, 6) is 0.800. The van der Waals surface area contributed by atoms with Gasteiger partial charge in [-0.25, -0.2) is 0 Å². The molecule has 3 N–H and O–H groups in total. The van der Waals surface area contributed by atoms with Crippen molar-refractivity contribution in [1.29, 1.82) is 0 Å². The molecule has 6 nitrogen and oxygen atoms in total. The van der Waals surface area contributed by atoms with E-state index in [4.69, 9.17) is 9.47 Å². The highest BCUT2D eigenvalue weighted by molar-refractivity contribution is 14.0. The summed E-state index contributed by atoms with van der Waals surface area (Å²) in [7, 11) is 1.79. The standard InChI is InChI=1S/C21H34N4O2.HI/c1-4-5-12-26-14-15-27-13-11-24-21(22-3)23-10-9-18-16-25-19-8-6-7-17(2)20(18)19;/h6-8,16,25H,4-5,9-15H2,1-3H3,(H2,22,23,24);1H. The van der Waals surface area contributed by atoms with Gasteiger partial charge in [-0.05, 0) is 37.0 Å². The van der Waals surface area contributed by atoms with E-state index >= 15 is 0 Å². The highest BCUT2D eigenvalue weighted by Crippen LogP contribution is 2.22. The number of aromatic nitrogens is 1. The van der Waals surface area contributed by atoms with E-state index in [-0.39, 0.29) is 24.0 Å². The molecular weight excluding hydrogens is 467 g/mol. The van der Waals surface area contributed by atoms with Gasteiger partial charge in [0.15, 0.2) is 5.96 Å². The number of benzene rings is 1. The van der Waals surface area contributed by atoms with E-state index in [1.807, 2.05) is 0 Å². The number of halogens is 1. The number of ether oxygens (including phenoxy) is 2. The Kier molecular flexibility index (Phi) is 12.9. The van der Waals surface area contributed by atoms with Crippen LogP contribution in [0.2, 0.25) is 0 Å². The zero-order valence-corrected chi connectivity index (χ0v) is 19.7. The Bertz CT molecular complexity index is 703. The van der Waals surface area contributed by atoms with Crippen LogP contribution in [0.25, 0.3) is 10.9 Å². The molecule has 1 heterocycles. The fourth-order valence-electron chi connectivity index (χ4n) is 2.99. The summed E-state index contributed by atoms with van der Waals surface area (Å²) in [5, 5.41) is 7.97. The van der Waals surface area contributed by atoms with Crippen molar-refractivity contribution in [2.45, 2.75) is 33.1 Å². The minimum Gasteiger partial charge on any atom is -0.379 e. The van der Waals surface area contributed by atoms with Gasteiger partial charge in [-0.1, -0.05) is 25.5 Å². The van der Waals surface area contributed by atoms with Gasteiger partial charge in [-0.2, -0.15) is 0 Å². The predicted molar refractivity (Wildman–Crippen MR) is 128 cm³/mol. The molecule has 0 aliphatic rings. The fourth-order valence-corrected chi connectivity index (χ4v) is 2.99. The lowest BCUT2D eigenvalue weighted by Gasteiger charge is -2.12. The molecule has 0 aliphatic carbocycles. The molecule has 0 aliphatic heterocycles. The molecule has 0 atom stereocenters. The Morgan fingerprint density at radius 2 is 1.82 bits per heavy atom. The fraction of sp³-hybridized carbons (Fsp3) is 0.571. The van der Waals surface area contributed by atoms with Crippen LogP contribution in [0.1, 0.15) is 30.9 Å². The second-order valence-electron chi connectivity index (χ2n) is 6.57. The predicted octanol–water partition coefficient (Wildman–Crippen LogP) is 3.64. The van der Waals surface area contributed by atoms with Gasteiger partial charge in [-0.15, -0.1) is 24.0 Å². The highest BCUT2D eigenvalue weighted by Gasteiger charge is 2.06. The Morgan fingerprint density at radius 1 is 1.07 bits per heavy atom. The monoisotopic (exact) mass is 502 g/mol. The SMILES string of the molecule is CCCCOCCOCCNC(=NC)NCCc1c[nH]c2cccc(C)c12.I. The molecule has 0 saturated carbocycles. The van der Waals surface area contributed by atoms with Gasteiger partial charge in [0.25, 0.3) is 0 Å². The number of hydrogen-bond acceptors (Lipinski definition) is 3. The van der Waals surface area contributed by atoms with Crippen LogP contribution < -0.4 is 10.6 Å². The maximum atomic E-state index is 5.56. The summed E-state index contributed by atoms with van der Waals surface area (Å²) < 4.78 is 11.0. The number of rotatable bonds is 12. The first kappa shape index (κ1) is 24.7. The molecule has 0 bridgehead atoms. The zero-order valence-electron chi connectivity index (χ0n) is 17.3. The number of nitrogens with one attached hydrogen (secondary N) is 3. The Morgan fingerprint density at radius 3 is 2.57 bits per heavy atom. The number of H-pyrrole nitrogens is 1. The molecular formula is C21H35IN4O2. The number of guanidine groups is 1. The van der Waals surface area contributed by atoms with Crippen LogP contribution in [0.5, 0.6) is 0 Å². The Labute approximate surface area is 185 Å². The van der Waals surface area contributed by atoms with Crippen molar-refractivity contribution >= 4 is 40.8 Å². The molecule has 2 rings (SSSR count). The molecule has 158 valence electrons. The minimum atomic E-state index is 0. The largest absolute Gasteiger partial charge is 0.379 e. The number of aryl methyl sites for hydroxylation is 1. The quantitative estimate of drug-likeness (QED) is 0.180. The number of unbranched alkanes of at least 4 members (excludes halogenated alkanes) is 1. The third-order valence-corrected chi connectivity index (χ3v) is 4.46. The molecule has 1 aromatic carbocycles. The van der Waals surface area contributed by atoms with E-state index in [1.165, 1.54) is 22.0 Å². The third kappa shape index (κ3) is 8.36. The van der Waals surface area contributed by atoms with Crippen molar-refractivity contribution in [1.82, 2.24) is 15.6 Å². The average molecular weight is 502 g/mol. The van der Waals surface area contributed by atoms with Crippen molar-refractivity contribution < 1.29 is 9.47 Å². The average Bonchev–Trinajstić information content (AvgIpc) is 3.09. The van der Waals surface area contributed by atoms with E-state index in [1.54, 1.807) is 7.05 Å². The first-order valence-corrected chi connectivity index (χ1v) is 9.91. The smallest absolute Gasteiger partial charge is 0.191 e. The van der Waals surface area contributed by atoms with Crippen molar-refractivity contribution in [3.05, 3.63) is 35.5 Å². The van der Waals surface area contributed by atoms with Crippen LogP contribution in [-0.4, -0.2) is 57.5 Å². The topological polar surface area (TPSA) is 70.7 Å². The second kappa shape index (κ2) is 14.6. The lowest BCUT2D eigenvalue weighted by Crippen LogP contribution is -2.39. The molecule has 0 unspecified atom stereocenters. The lowest BCUT2D eigenvalue weighted by molar-refractivity contribution is 0.0487. The molecule has 0 amide bonds. The van der Waals surface area contributed by atoms with Gasteiger partial charge >= 0.3 is 0 Å². The normalized spacial score (nSPS) is 11.5. The Hall–Kier alpha value is -1.32. The molecule has 2 aromatic rings. The van der Waals surface area contributed by atoms with Crippen LogP contribution in [0.15, 0.2) is 29.4 Å². The number of nitrogens with zero attached hydrogens (tertiary/aromatic N) is 1. The van der Waals surface area contributed by atoms with E-state index in [2.05, 4.69) is 58.9 Å². The van der Waals surface area contributed by atoms with Crippen molar-refractivity contribution in [3.8, 4) is 0 Å². The van der Waals surface area contributed by atoms with Crippen molar-refractivity contribution in [3.63, 3.8) is 0 Å². The minimum absolute atomic E-state index is 0. The third-order valence-electron chi connectivity index (χ3n) is 4.46.